The summed E-state index contributed by atoms with van der Waals surface area (Å²) >= 11 is 1.08. The lowest BCUT2D eigenvalue weighted by atomic mass is 10.2. The van der Waals surface area contributed by atoms with Crippen molar-refractivity contribution in [3.63, 3.8) is 0 Å². The van der Waals surface area contributed by atoms with Crippen molar-refractivity contribution in [3.05, 3.63) is 40.8 Å². The minimum absolute atomic E-state index is 0.0163. The summed E-state index contributed by atoms with van der Waals surface area (Å²) in [5.41, 5.74) is -0.0163. The molecular formula is C11H11NO3S. The monoisotopic (exact) mass is 237 g/mol. The van der Waals surface area contributed by atoms with Crippen LogP contribution < -0.4 is 5.56 Å². The number of pyridine rings is 1. The van der Waals surface area contributed by atoms with Crippen LogP contribution in [0.15, 0.2) is 40.2 Å². The Morgan fingerprint density at radius 1 is 1.31 bits per heavy atom. The van der Waals surface area contributed by atoms with Crippen molar-refractivity contribution in [2.24, 2.45) is 7.05 Å². The summed E-state index contributed by atoms with van der Waals surface area (Å²) in [6, 6.07) is 7.47. The fourth-order valence-corrected chi connectivity index (χ4v) is 1.88. The molecule has 5 heteroatoms. The first-order chi connectivity index (χ1) is 7.72. The fourth-order valence-electron chi connectivity index (χ4n) is 1.44. The van der Waals surface area contributed by atoms with E-state index in [0.29, 0.717) is 5.39 Å². The van der Waals surface area contributed by atoms with Crippen LogP contribution in [0.4, 0.5) is 0 Å². The highest BCUT2D eigenvalue weighted by Gasteiger charge is 2.02. The Morgan fingerprint density at radius 3 is 2.88 bits per heavy atom. The molecule has 0 saturated carbocycles. The minimum Gasteiger partial charge on any atom is -0.318 e. The van der Waals surface area contributed by atoms with Gasteiger partial charge in [-0.1, -0.05) is 6.07 Å². The van der Waals surface area contributed by atoms with Crippen LogP contribution in [-0.4, -0.2) is 11.7 Å². The van der Waals surface area contributed by atoms with E-state index in [9.17, 15) is 4.79 Å². The first-order valence-electron chi connectivity index (χ1n) is 4.69. The molecule has 0 N–H and O–H groups in total. The van der Waals surface area contributed by atoms with Crippen LogP contribution in [0.25, 0.3) is 10.8 Å². The molecule has 0 unspecified atom stereocenters. The SMILES string of the molecule is COOSc1ccc2ccn(C)c(=O)c2c1. The molecule has 0 aliphatic carbocycles. The van der Waals surface area contributed by atoms with Gasteiger partial charge >= 0.3 is 0 Å². The Kier molecular flexibility index (Phi) is 3.28. The van der Waals surface area contributed by atoms with Crippen LogP contribution in [-0.2, 0) is 16.3 Å². The van der Waals surface area contributed by atoms with E-state index in [2.05, 4.69) is 4.89 Å². The van der Waals surface area contributed by atoms with Crippen LogP contribution >= 0.6 is 12.0 Å². The summed E-state index contributed by atoms with van der Waals surface area (Å²) < 4.78 is 6.30. The third-order valence-corrected chi connectivity index (χ3v) is 2.90. The molecule has 1 aromatic heterocycles. The smallest absolute Gasteiger partial charge is 0.258 e. The minimum atomic E-state index is -0.0163. The molecule has 0 amide bonds. The molecule has 2 rings (SSSR count). The number of benzene rings is 1. The van der Waals surface area contributed by atoms with E-state index in [0.717, 1.165) is 22.3 Å². The van der Waals surface area contributed by atoms with Gasteiger partial charge in [-0.2, -0.15) is 4.33 Å². The van der Waals surface area contributed by atoms with Crippen LogP contribution in [0.1, 0.15) is 0 Å². The lowest BCUT2D eigenvalue weighted by molar-refractivity contribution is -0.160. The van der Waals surface area contributed by atoms with Crippen molar-refractivity contribution in [1.29, 1.82) is 0 Å². The second-order valence-electron chi connectivity index (χ2n) is 3.30. The Labute approximate surface area is 96.9 Å². The molecule has 0 fully saturated rings. The summed E-state index contributed by atoms with van der Waals surface area (Å²) in [4.78, 5) is 17.2. The predicted octanol–water partition coefficient (Wildman–Crippen LogP) is 2.12. The summed E-state index contributed by atoms with van der Waals surface area (Å²) in [5, 5.41) is 1.60. The number of hydrogen-bond donors (Lipinski definition) is 0. The molecule has 0 bridgehead atoms. The van der Waals surface area contributed by atoms with Gasteiger partial charge in [0.25, 0.3) is 5.56 Å². The Bertz CT molecular complexity index is 565. The highest BCUT2D eigenvalue weighted by Crippen LogP contribution is 2.22. The quantitative estimate of drug-likeness (QED) is 0.466. The number of fused-ring (bicyclic) bond motifs is 1. The van der Waals surface area contributed by atoms with Gasteiger partial charge in [0, 0.05) is 23.5 Å². The van der Waals surface area contributed by atoms with Gasteiger partial charge in [0.05, 0.1) is 19.2 Å². The summed E-state index contributed by atoms with van der Waals surface area (Å²) in [6.45, 7) is 0. The van der Waals surface area contributed by atoms with Gasteiger partial charge in [-0.25, -0.2) is 4.89 Å². The molecule has 1 aromatic carbocycles. The highest BCUT2D eigenvalue weighted by molar-refractivity contribution is 7.94. The maximum absolute atomic E-state index is 11.8. The lowest BCUT2D eigenvalue weighted by Gasteiger charge is -2.03. The number of hydrogen-bond acceptors (Lipinski definition) is 4. The zero-order valence-electron chi connectivity index (χ0n) is 8.97. The van der Waals surface area contributed by atoms with Crippen molar-refractivity contribution in [2.75, 3.05) is 7.11 Å². The van der Waals surface area contributed by atoms with Crippen molar-refractivity contribution in [3.8, 4) is 0 Å². The molecule has 0 saturated heterocycles. The average Bonchev–Trinajstić information content (AvgIpc) is 2.31. The zero-order chi connectivity index (χ0) is 11.5. The number of rotatable bonds is 3. The molecule has 0 aliphatic heterocycles. The second kappa shape index (κ2) is 4.69. The van der Waals surface area contributed by atoms with Crippen molar-refractivity contribution in [2.45, 2.75) is 4.90 Å². The molecule has 2 aromatic rings. The highest BCUT2D eigenvalue weighted by atomic mass is 32.2. The molecule has 16 heavy (non-hydrogen) atoms. The zero-order valence-corrected chi connectivity index (χ0v) is 9.78. The standard InChI is InChI=1S/C11H11NO3S/c1-12-6-5-8-3-4-9(16-15-14-2)7-10(8)11(12)13/h3-7H,1-2H3. The van der Waals surface area contributed by atoms with Gasteiger partial charge < -0.3 is 4.57 Å². The molecule has 0 radical (unpaired) electrons. The van der Waals surface area contributed by atoms with E-state index in [1.165, 1.54) is 7.11 Å². The first kappa shape index (κ1) is 11.2. The molecule has 0 spiro atoms. The van der Waals surface area contributed by atoms with Crippen LogP contribution in [0.2, 0.25) is 0 Å². The third kappa shape index (κ3) is 2.11. The topological polar surface area (TPSA) is 40.5 Å². The van der Waals surface area contributed by atoms with Crippen LogP contribution in [0.5, 0.6) is 0 Å². The lowest BCUT2D eigenvalue weighted by Crippen LogP contribution is -2.15. The van der Waals surface area contributed by atoms with Gasteiger partial charge in [0.15, 0.2) is 0 Å². The van der Waals surface area contributed by atoms with E-state index in [4.69, 9.17) is 4.33 Å². The van der Waals surface area contributed by atoms with E-state index < -0.39 is 0 Å². The summed E-state index contributed by atoms with van der Waals surface area (Å²) in [6.07, 6.45) is 1.75. The Morgan fingerprint density at radius 2 is 2.12 bits per heavy atom. The van der Waals surface area contributed by atoms with E-state index in [1.54, 1.807) is 23.9 Å². The van der Waals surface area contributed by atoms with E-state index in [-0.39, 0.29) is 5.56 Å². The third-order valence-electron chi connectivity index (χ3n) is 2.25. The number of nitrogens with zero attached hydrogens (tertiary/aromatic N) is 1. The van der Waals surface area contributed by atoms with Gasteiger partial charge in [-0.15, -0.1) is 0 Å². The number of aryl methyl sites for hydroxylation is 1. The van der Waals surface area contributed by atoms with Gasteiger partial charge in [-0.3, -0.25) is 4.79 Å². The average molecular weight is 237 g/mol. The normalized spacial score (nSPS) is 10.9. The van der Waals surface area contributed by atoms with E-state index >= 15 is 0 Å². The van der Waals surface area contributed by atoms with Crippen molar-refractivity contribution in [1.82, 2.24) is 4.57 Å². The second-order valence-corrected chi connectivity index (χ2v) is 4.07. The Hall–Kier alpha value is -1.30. The van der Waals surface area contributed by atoms with Crippen LogP contribution in [0.3, 0.4) is 0 Å². The van der Waals surface area contributed by atoms with Gasteiger partial charge in [0.1, 0.15) is 0 Å². The largest absolute Gasteiger partial charge is 0.318 e. The van der Waals surface area contributed by atoms with Gasteiger partial charge in [-0.05, 0) is 23.6 Å². The molecular weight excluding hydrogens is 226 g/mol. The Balaban J connectivity index is 2.51. The maximum atomic E-state index is 11.8. The molecule has 1 heterocycles. The number of aromatic nitrogens is 1. The van der Waals surface area contributed by atoms with E-state index in [1.807, 2.05) is 18.2 Å². The predicted molar refractivity (Wildman–Crippen MR) is 63.1 cm³/mol. The van der Waals surface area contributed by atoms with Crippen LogP contribution in [0, 0.1) is 0 Å². The van der Waals surface area contributed by atoms with Gasteiger partial charge in [0.2, 0.25) is 0 Å². The molecule has 4 nitrogen and oxygen atoms in total. The first-order valence-corrected chi connectivity index (χ1v) is 5.43. The fraction of sp³-hybridized carbons (Fsp3) is 0.182. The van der Waals surface area contributed by atoms with Crippen molar-refractivity contribution >= 4 is 22.8 Å². The molecule has 84 valence electrons. The van der Waals surface area contributed by atoms with Crippen molar-refractivity contribution < 1.29 is 9.22 Å². The summed E-state index contributed by atoms with van der Waals surface area (Å²) in [5.74, 6) is 0. The maximum Gasteiger partial charge on any atom is 0.258 e. The molecule has 0 atom stereocenters. The molecule has 0 aliphatic rings. The summed E-state index contributed by atoms with van der Waals surface area (Å²) in [7, 11) is 3.17.